The van der Waals surface area contributed by atoms with Crippen LogP contribution in [0.3, 0.4) is 0 Å². The fourth-order valence-electron chi connectivity index (χ4n) is 3.40. The summed E-state index contributed by atoms with van der Waals surface area (Å²) in [7, 11) is 3.24. The van der Waals surface area contributed by atoms with Crippen molar-refractivity contribution in [3.63, 3.8) is 0 Å². The standard InChI is InChI=1S/C21H21N7O2/c1-11-5-6-23-9-14(11)15-7-13-16(10-24-15)26-21(30)19(13)12(2)25-18-8-17(20(29)22-3)28(4)27-18/h5-10,26,30H,1-4H3,(H,22,29). The van der Waals surface area contributed by atoms with Crippen LogP contribution in [0.2, 0.25) is 0 Å². The number of carbonyl (C=O) groups excluding carboxylic acids is 1. The number of fused-ring (bicyclic) bond motifs is 1. The topological polar surface area (TPSA) is 121 Å². The van der Waals surface area contributed by atoms with Gasteiger partial charge in [-0.1, -0.05) is 0 Å². The molecule has 0 fully saturated rings. The Kier molecular flexibility index (Phi) is 4.78. The number of carbonyl (C=O) groups is 1. The fourth-order valence-corrected chi connectivity index (χ4v) is 3.40. The molecule has 0 saturated carbocycles. The van der Waals surface area contributed by atoms with Crippen LogP contribution >= 0.6 is 0 Å². The van der Waals surface area contributed by atoms with Gasteiger partial charge in [-0.15, -0.1) is 0 Å². The maximum Gasteiger partial charge on any atom is 0.269 e. The van der Waals surface area contributed by atoms with Gasteiger partial charge in [0.05, 0.1) is 28.7 Å². The minimum absolute atomic E-state index is 0.00411. The monoisotopic (exact) mass is 403 g/mol. The van der Waals surface area contributed by atoms with E-state index in [1.54, 1.807) is 45.7 Å². The number of hydrogen-bond acceptors (Lipinski definition) is 6. The number of aromatic amines is 1. The SMILES string of the molecule is CNC(=O)c1cc(N=C(C)c2c(O)[nH]c3cnc(-c4cnccc4C)cc23)nn1C. The summed E-state index contributed by atoms with van der Waals surface area (Å²) < 4.78 is 1.47. The Labute approximate surface area is 172 Å². The fraction of sp³-hybridized carbons (Fsp3) is 0.190. The van der Waals surface area contributed by atoms with Gasteiger partial charge in [-0.3, -0.25) is 19.4 Å². The molecule has 0 radical (unpaired) electrons. The summed E-state index contributed by atoms with van der Waals surface area (Å²) in [5, 5.41) is 18.1. The molecule has 0 atom stereocenters. The van der Waals surface area contributed by atoms with Crippen LogP contribution in [0.4, 0.5) is 5.82 Å². The first-order valence-electron chi connectivity index (χ1n) is 9.32. The first-order valence-corrected chi connectivity index (χ1v) is 9.32. The lowest BCUT2D eigenvalue weighted by Gasteiger charge is -2.05. The third-order valence-corrected chi connectivity index (χ3v) is 4.95. The summed E-state index contributed by atoms with van der Waals surface area (Å²) in [6, 6.07) is 5.42. The molecule has 9 nitrogen and oxygen atoms in total. The van der Waals surface area contributed by atoms with Gasteiger partial charge in [-0.2, -0.15) is 5.10 Å². The number of aryl methyl sites for hydroxylation is 2. The number of hydrogen-bond donors (Lipinski definition) is 3. The van der Waals surface area contributed by atoms with E-state index in [-0.39, 0.29) is 11.8 Å². The molecule has 0 spiro atoms. The van der Waals surface area contributed by atoms with E-state index in [2.05, 4.69) is 30.4 Å². The highest BCUT2D eigenvalue weighted by atomic mass is 16.3. The van der Waals surface area contributed by atoms with Crippen molar-refractivity contribution in [2.45, 2.75) is 13.8 Å². The van der Waals surface area contributed by atoms with Crippen molar-refractivity contribution >= 4 is 28.3 Å². The lowest BCUT2D eigenvalue weighted by Crippen LogP contribution is -2.20. The van der Waals surface area contributed by atoms with Crippen LogP contribution in [0.25, 0.3) is 22.2 Å². The molecule has 3 N–H and O–H groups in total. The van der Waals surface area contributed by atoms with Gasteiger partial charge < -0.3 is 15.4 Å². The number of aromatic hydroxyl groups is 1. The summed E-state index contributed by atoms with van der Waals surface area (Å²) in [6.07, 6.45) is 5.19. The normalized spacial score (nSPS) is 11.8. The molecule has 0 aliphatic rings. The predicted octanol–water partition coefficient (Wildman–Crippen LogP) is 2.87. The van der Waals surface area contributed by atoms with Crippen molar-refractivity contribution in [2.24, 2.45) is 12.0 Å². The minimum Gasteiger partial charge on any atom is -0.494 e. The lowest BCUT2D eigenvalue weighted by atomic mass is 10.0. The average molecular weight is 403 g/mol. The maximum atomic E-state index is 11.9. The van der Waals surface area contributed by atoms with Gasteiger partial charge in [0, 0.05) is 43.5 Å². The van der Waals surface area contributed by atoms with E-state index < -0.39 is 0 Å². The molecule has 4 heterocycles. The Hall–Kier alpha value is -4.01. The molecule has 0 aliphatic heterocycles. The van der Waals surface area contributed by atoms with Crippen LogP contribution in [-0.2, 0) is 7.05 Å². The van der Waals surface area contributed by atoms with Crippen molar-refractivity contribution in [3.8, 4) is 17.1 Å². The van der Waals surface area contributed by atoms with Gasteiger partial charge in [0.15, 0.2) is 11.7 Å². The summed E-state index contributed by atoms with van der Waals surface area (Å²) in [5.41, 5.74) is 4.92. The predicted molar refractivity (Wildman–Crippen MR) is 114 cm³/mol. The number of amides is 1. The number of aromatic nitrogens is 5. The van der Waals surface area contributed by atoms with Gasteiger partial charge in [-0.25, -0.2) is 4.99 Å². The van der Waals surface area contributed by atoms with Crippen LogP contribution < -0.4 is 5.32 Å². The van der Waals surface area contributed by atoms with Gasteiger partial charge in [0.1, 0.15) is 5.69 Å². The largest absolute Gasteiger partial charge is 0.494 e. The van der Waals surface area contributed by atoms with Crippen molar-refractivity contribution in [2.75, 3.05) is 7.05 Å². The number of rotatable bonds is 4. The molecule has 9 heteroatoms. The van der Waals surface area contributed by atoms with E-state index in [1.165, 1.54) is 4.68 Å². The van der Waals surface area contributed by atoms with Crippen molar-refractivity contribution in [3.05, 3.63) is 53.6 Å². The van der Waals surface area contributed by atoms with Gasteiger partial charge in [0.25, 0.3) is 5.91 Å². The summed E-state index contributed by atoms with van der Waals surface area (Å²) in [6.45, 7) is 3.78. The first kappa shape index (κ1) is 19.3. The Morgan fingerprint density at radius 2 is 2.10 bits per heavy atom. The molecule has 30 heavy (non-hydrogen) atoms. The molecule has 4 aromatic rings. The van der Waals surface area contributed by atoms with Crippen molar-refractivity contribution < 1.29 is 9.90 Å². The molecule has 0 saturated heterocycles. The zero-order valence-electron chi connectivity index (χ0n) is 17.1. The maximum absolute atomic E-state index is 11.9. The van der Waals surface area contributed by atoms with E-state index in [0.717, 1.165) is 22.2 Å². The zero-order valence-corrected chi connectivity index (χ0v) is 17.1. The number of aliphatic imine (C=N–C) groups is 1. The highest BCUT2D eigenvalue weighted by Crippen LogP contribution is 2.32. The van der Waals surface area contributed by atoms with Gasteiger partial charge in [-0.05, 0) is 31.5 Å². The molecule has 0 aromatic carbocycles. The summed E-state index contributed by atoms with van der Waals surface area (Å²) >= 11 is 0. The Morgan fingerprint density at radius 1 is 1.30 bits per heavy atom. The molecule has 0 unspecified atom stereocenters. The molecule has 1 amide bonds. The highest BCUT2D eigenvalue weighted by Gasteiger charge is 2.17. The molecule has 0 bridgehead atoms. The first-order chi connectivity index (χ1) is 14.4. The molecular weight excluding hydrogens is 382 g/mol. The van der Waals surface area contributed by atoms with Gasteiger partial charge in [0.2, 0.25) is 0 Å². The molecule has 152 valence electrons. The van der Waals surface area contributed by atoms with E-state index in [9.17, 15) is 9.90 Å². The summed E-state index contributed by atoms with van der Waals surface area (Å²) in [5.74, 6) is 0.122. The number of nitrogens with one attached hydrogen (secondary N) is 2. The van der Waals surface area contributed by atoms with Crippen molar-refractivity contribution in [1.82, 2.24) is 30.0 Å². The average Bonchev–Trinajstić information content (AvgIpc) is 3.25. The minimum atomic E-state index is -0.249. The van der Waals surface area contributed by atoms with Crippen LogP contribution in [-0.4, -0.2) is 48.5 Å². The summed E-state index contributed by atoms with van der Waals surface area (Å²) in [4.78, 5) is 28.1. The molecular formula is C21H21N7O2. The number of nitrogens with zero attached hydrogens (tertiary/aromatic N) is 5. The van der Waals surface area contributed by atoms with E-state index in [0.29, 0.717) is 28.3 Å². The van der Waals surface area contributed by atoms with E-state index in [1.807, 2.05) is 19.1 Å². The molecule has 0 aliphatic carbocycles. The van der Waals surface area contributed by atoms with E-state index >= 15 is 0 Å². The highest BCUT2D eigenvalue weighted by molar-refractivity contribution is 6.13. The van der Waals surface area contributed by atoms with Crippen molar-refractivity contribution in [1.29, 1.82) is 0 Å². The third-order valence-electron chi connectivity index (χ3n) is 4.95. The molecule has 4 aromatic heterocycles. The zero-order chi connectivity index (χ0) is 21.4. The van der Waals surface area contributed by atoms with Crippen LogP contribution in [0.15, 0.2) is 41.8 Å². The quantitative estimate of drug-likeness (QED) is 0.453. The second-order valence-corrected chi connectivity index (χ2v) is 6.94. The Balaban J connectivity index is 1.81. The molecule has 4 rings (SSSR count). The number of H-pyrrole nitrogens is 1. The van der Waals surface area contributed by atoms with Crippen LogP contribution in [0, 0.1) is 6.92 Å². The van der Waals surface area contributed by atoms with Crippen LogP contribution in [0.5, 0.6) is 5.88 Å². The Bertz CT molecular complexity index is 1300. The second kappa shape index (κ2) is 7.43. The van der Waals surface area contributed by atoms with Gasteiger partial charge >= 0.3 is 0 Å². The number of pyridine rings is 2. The third kappa shape index (κ3) is 3.30. The van der Waals surface area contributed by atoms with E-state index in [4.69, 9.17) is 0 Å². The second-order valence-electron chi connectivity index (χ2n) is 6.94. The Morgan fingerprint density at radius 3 is 2.83 bits per heavy atom. The smallest absolute Gasteiger partial charge is 0.269 e. The van der Waals surface area contributed by atoms with Crippen LogP contribution in [0.1, 0.15) is 28.5 Å². The lowest BCUT2D eigenvalue weighted by molar-refractivity contribution is 0.0954.